The van der Waals surface area contributed by atoms with Gasteiger partial charge in [0, 0.05) is 32.7 Å². The van der Waals surface area contributed by atoms with Crippen LogP contribution in [-0.4, -0.2) is 87.8 Å². The van der Waals surface area contributed by atoms with E-state index in [1.165, 1.54) is 0 Å². The monoisotopic (exact) mass is 718 g/mol. The summed E-state index contributed by atoms with van der Waals surface area (Å²) in [4.78, 5) is 24.1. The summed E-state index contributed by atoms with van der Waals surface area (Å²) >= 11 is 0. The summed E-state index contributed by atoms with van der Waals surface area (Å²) in [7, 11) is 1.73. The number of para-hydroxylation sites is 2. The van der Waals surface area contributed by atoms with Crippen molar-refractivity contribution in [2.45, 2.75) is 44.2 Å². The molecule has 1 amide bonds. The fourth-order valence-corrected chi connectivity index (χ4v) is 7.34. The van der Waals surface area contributed by atoms with Crippen LogP contribution < -0.4 is 19.3 Å². The maximum Gasteiger partial charge on any atom is 0.410 e. The van der Waals surface area contributed by atoms with Crippen molar-refractivity contribution in [3.05, 3.63) is 114 Å². The molecule has 5 aromatic rings. The Morgan fingerprint density at radius 3 is 2.55 bits per heavy atom. The van der Waals surface area contributed by atoms with Crippen LogP contribution in [-0.2, 0) is 27.4 Å². The molecule has 2 saturated heterocycles. The first-order valence-corrected chi connectivity index (χ1v) is 18.5. The second-order valence-electron chi connectivity index (χ2n) is 13.9. The molecule has 1 aromatic heterocycles. The topological polar surface area (TPSA) is 99.0 Å². The third kappa shape index (κ3) is 8.21. The average Bonchev–Trinajstić information content (AvgIpc) is 3.62. The lowest BCUT2D eigenvalue weighted by Gasteiger charge is -2.39. The van der Waals surface area contributed by atoms with E-state index in [0.29, 0.717) is 45.4 Å². The number of carbonyl (C=O) groups is 1. The molecule has 0 bridgehead atoms. The van der Waals surface area contributed by atoms with Gasteiger partial charge in [-0.1, -0.05) is 60.7 Å². The molecule has 2 atom stereocenters. The van der Waals surface area contributed by atoms with Crippen LogP contribution in [0.4, 0.5) is 16.5 Å². The van der Waals surface area contributed by atoms with Crippen molar-refractivity contribution < 1.29 is 32.9 Å². The van der Waals surface area contributed by atoms with Crippen LogP contribution in [0.15, 0.2) is 101 Å². The van der Waals surface area contributed by atoms with E-state index in [0.717, 1.165) is 77.5 Å². The highest BCUT2D eigenvalue weighted by molar-refractivity contribution is 5.74. The highest BCUT2D eigenvalue weighted by atomic mass is 16.6. The van der Waals surface area contributed by atoms with Crippen molar-refractivity contribution in [1.82, 2.24) is 9.88 Å². The van der Waals surface area contributed by atoms with E-state index < -0.39 is 0 Å². The Kier molecular flexibility index (Phi) is 10.6. The number of benzene rings is 4. The molecule has 0 N–H and O–H groups in total. The van der Waals surface area contributed by atoms with Gasteiger partial charge in [0.15, 0.2) is 5.58 Å². The summed E-state index contributed by atoms with van der Waals surface area (Å²) in [5, 5.41) is 0. The predicted octanol–water partition coefficient (Wildman–Crippen LogP) is 7.04. The number of likely N-dealkylation sites (tertiary alicyclic amines) is 1. The fraction of sp³-hybridized carbons (Fsp3) is 0.381. The number of rotatable bonds is 13. The smallest absolute Gasteiger partial charge is 0.410 e. The van der Waals surface area contributed by atoms with Crippen molar-refractivity contribution in [2.24, 2.45) is 0 Å². The van der Waals surface area contributed by atoms with Gasteiger partial charge in [0.05, 0.1) is 44.6 Å². The number of ether oxygens (including phenoxy) is 5. The summed E-state index contributed by atoms with van der Waals surface area (Å²) in [5.41, 5.74) is 5.90. The summed E-state index contributed by atoms with van der Waals surface area (Å²) in [6, 6.07) is 32.8. The summed E-state index contributed by atoms with van der Waals surface area (Å²) < 4.78 is 35.9. The number of nitrogens with zero attached hydrogens (tertiary/aromatic N) is 4. The van der Waals surface area contributed by atoms with E-state index in [4.69, 9.17) is 28.1 Å². The number of hydrogen-bond donors (Lipinski definition) is 0. The molecule has 3 aliphatic rings. The molecule has 0 spiro atoms. The van der Waals surface area contributed by atoms with Gasteiger partial charge in [0.1, 0.15) is 36.3 Å². The highest BCUT2D eigenvalue weighted by Crippen LogP contribution is 2.36. The number of fused-ring (bicyclic) bond motifs is 2. The molecule has 2 fully saturated rings. The van der Waals surface area contributed by atoms with Crippen LogP contribution in [0.25, 0.3) is 11.1 Å². The SMILES string of the molecule is COCCCN1CCOc2ccc(COC3CN(C(=O)OCc4ccccc4)CCC3c3ccc(OC4CN(c5nc6ccccc6o5)C4)cc3)cc21. The van der Waals surface area contributed by atoms with Gasteiger partial charge in [0.2, 0.25) is 0 Å². The molecule has 2 unspecified atom stereocenters. The zero-order chi connectivity index (χ0) is 36.0. The molecule has 0 radical (unpaired) electrons. The predicted molar refractivity (Wildman–Crippen MR) is 202 cm³/mol. The Bertz CT molecular complexity index is 1930. The number of methoxy groups -OCH3 is 1. The highest BCUT2D eigenvalue weighted by Gasteiger charge is 2.35. The first-order chi connectivity index (χ1) is 26.1. The molecule has 8 rings (SSSR count). The van der Waals surface area contributed by atoms with Crippen LogP contribution in [0.1, 0.15) is 35.4 Å². The molecule has 11 heteroatoms. The van der Waals surface area contributed by atoms with E-state index in [-0.39, 0.29) is 30.8 Å². The molecule has 4 aromatic carbocycles. The van der Waals surface area contributed by atoms with Crippen molar-refractivity contribution in [3.8, 4) is 11.5 Å². The molecule has 53 heavy (non-hydrogen) atoms. The number of oxazole rings is 1. The lowest BCUT2D eigenvalue weighted by molar-refractivity contribution is -0.0246. The van der Waals surface area contributed by atoms with Gasteiger partial charge in [-0.15, -0.1) is 0 Å². The number of carbonyl (C=O) groups excluding carboxylic acids is 1. The first-order valence-electron chi connectivity index (χ1n) is 18.5. The van der Waals surface area contributed by atoms with Crippen LogP contribution in [0.3, 0.4) is 0 Å². The van der Waals surface area contributed by atoms with E-state index in [1.807, 2.05) is 72.8 Å². The number of aromatic nitrogens is 1. The lowest BCUT2D eigenvalue weighted by atomic mass is 9.87. The molecule has 276 valence electrons. The zero-order valence-electron chi connectivity index (χ0n) is 30.1. The maximum absolute atomic E-state index is 13.3. The summed E-state index contributed by atoms with van der Waals surface area (Å²) in [6.45, 7) is 6.20. The van der Waals surface area contributed by atoms with E-state index in [9.17, 15) is 4.79 Å². The Balaban J connectivity index is 0.923. The van der Waals surface area contributed by atoms with Crippen LogP contribution in [0, 0.1) is 0 Å². The number of hydrogen-bond acceptors (Lipinski definition) is 10. The van der Waals surface area contributed by atoms with Gasteiger partial charge in [-0.3, -0.25) is 0 Å². The van der Waals surface area contributed by atoms with Gasteiger partial charge in [-0.05, 0) is 65.9 Å². The van der Waals surface area contributed by atoms with Gasteiger partial charge in [0.25, 0.3) is 6.01 Å². The Hall–Kier alpha value is -5.26. The average molecular weight is 719 g/mol. The molecule has 4 heterocycles. The fourth-order valence-electron chi connectivity index (χ4n) is 7.34. The van der Waals surface area contributed by atoms with Crippen molar-refractivity contribution in [2.75, 3.05) is 69.4 Å². The second-order valence-corrected chi connectivity index (χ2v) is 13.9. The van der Waals surface area contributed by atoms with E-state index >= 15 is 0 Å². The molecule has 3 aliphatic heterocycles. The summed E-state index contributed by atoms with van der Waals surface area (Å²) in [6.07, 6.45) is 1.18. The quantitative estimate of drug-likeness (QED) is 0.118. The standard InChI is InChI=1S/C42H46N4O7/c1-48-22-7-19-44-21-23-49-39-17-12-31(24-37(39)44)29-50-40-27-45(42(47)51-28-30-8-3-2-4-9-30)20-18-35(40)32-13-15-33(16-14-32)52-34-25-46(26-34)41-43-36-10-5-6-11-38(36)53-41/h2-6,8-17,24,34-35,40H,7,18-23,25-29H2,1H3. The first kappa shape index (κ1) is 34.8. The lowest BCUT2D eigenvalue weighted by Crippen LogP contribution is -2.54. The van der Waals surface area contributed by atoms with Crippen molar-refractivity contribution in [1.29, 1.82) is 0 Å². The van der Waals surface area contributed by atoms with Gasteiger partial charge in [-0.25, -0.2) is 4.79 Å². The van der Waals surface area contributed by atoms with E-state index in [2.05, 4.69) is 39.0 Å². The van der Waals surface area contributed by atoms with Crippen LogP contribution in [0.2, 0.25) is 0 Å². The minimum absolute atomic E-state index is 0.0509. The maximum atomic E-state index is 13.3. The number of amides is 1. The number of piperidine rings is 1. The Morgan fingerprint density at radius 1 is 0.887 bits per heavy atom. The minimum Gasteiger partial charge on any atom is -0.490 e. The van der Waals surface area contributed by atoms with Crippen LogP contribution in [0.5, 0.6) is 11.5 Å². The summed E-state index contributed by atoms with van der Waals surface area (Å²) in [5.74, 6) is 1.80. The van der Waals surface area contributed by atoms with Gasteiger partial charge >= 0.3 is 6.09 Å². The van der Waals surface area contributed by atoms with Crippen LogP contribution >= 0.6 is 0 Å². The van der Waals surface area contributed by atoms with Crippen molar-refractivity contribution in [3.63, 3.8) is 0 Å². The van der Waals surface area contributed by atoms with Gasteiger partial charge < -0.3 is 42.8 Å². The third-order valence-electron chi connectivity index (χ3n) is 10.3. The normalized spacial score (nSPS) is 18.7. The molecule has 11 nitrogen and oxygen atoms in total. The Labute approximate surface area is 309 Å². The third-order valence-corrected chi connectivity index (χ3v) is 10.3. The molecule has 0 aliphatic carbocycles. The molecule has 0 saturated carbocycles. The van der Waals surface area contributed by atoms with E-state index in [1.54, 1.807) is 12.0 Å². The zero-order valence-corrected chi connectivity index (χ0v) is 30.1. The minimum atomic E-state index is -0.324. The Morgan fingerprint density at radius 2 is 1.72 bits per heavy atom. The van der Waals surface area contributed by atoms with Gasteiger partial charge in [-0.2, -0.15) is 4.98 Å². The molecular weight excluding hydrogens is 672 g/mol. The number of anilines is 2. The van der Waals surface area contributed by atoms with Crippen molar-refractivity contribution >= 4 is 28.9 Å². The molecular formula is C42H46N4O7. The second kappa shape index (κ2) is 16.2. The largest absolute Gasteiger partial charge is 0.490 e.